The minimum atomic E-state index is -1.21. The molecule has 0 bridgehead atoms. The Bertz CT molecular complexity index is 639. The molecule has 0 amide bonds. The molecular formula is C18H19Cl2NO2. The van der Waals surface area contributed by atoms with Gasteiger partial charge in [0.15, 0.2) is 0 Å². The molecule has 1 aliphatic heterocycles. The average molecular weight is 352 g/mol. The molecule has 3 rings (SSSR count). The third-order valence-electron chi connectivity index (χ3n) is 4.24. The predicted octanol–water partition coefficient (Wildman–Crippen LogP) is 3.41. The molecule has 1 fully saturated rings. The average Bonchev–Trinajstić information content (AvgIpc) is 2.60. The molecule has 1 saturated heterocycles. The van der Waals surface area contributed by atoms with Gasteiger partial charge in [-0.2, -0.15) is 0 Å². The number of ether oxygens (including phenoxy) is 1. The molecule has 1 aliphatic rings. The first-order valence-corrected chi connectivity index (χ1v) is 8.40. The van der Waals surface area contributed by atoms with E-state index in [1.807, 2.05) is 30.3 Å². The smallest absolute Gasteiger partial charge is 0.121 e. The molecule has 2 atom stereocenters. The van der Waals surface area contributed by atoms with Crippen molar-refractivity contribution in [2.75, 3.05) is 19.7 Å². The number of nitrogens with one attached hydrogen (secondary N) is 1. The Labute approximate surface area is 146 Å². The largest absolute Gasteiger partial charge is 0.382 e. The van der Waals surface area contributed by atoms with Crippen molar-refractivity contribution in [3.8, 4) is 0 Å². The molecule has 2 aromatic carbocycles. The first kappa shape index (κ1) is 16.7. The third kappa shape index (κ3) is 3.54. The van der Waals surface area contributed by atoms with Crippen molar-refractivity contribution in [1.29, 1.82) is 0 Å². The second kappa shape index (κ2) is 7.20. The minimum absolute atomic E-state index is 0.294. The van der Waals surface area contributed by atoms with Crippen LogP contribution in [0.15, 0.2) is 48.5 Å². The Hall–Kier alpha value is -1.10. The zero-order chi connectivity index (χ0) is 16.3. The quantitative estimate of drug-likeness (QED) is 0.886. The fourth-order valence-corrected chi connectivity index (χ4v) is 3.50. The maximum Gasteiger partial charge on any atom is 0.121 e. The molecule has 2 aromatic rings. The van der Waals surface area contributed by atoms with E-state index < -0.39 is 5.60 Å². The third-order valence-corrected chi connectivity index (χ3v) is 4.95. The van der Waals surface area contributed by atoms with Crippen molar-refractivity contribution >= 4 is 23.2 Å². The lowest BCUT2D eigenvalue weighted by atomic mass is 9.82. The Morgan fingerprint density at radius 3 is 2.39 bits per heavy atom. The van der Waals surface area contributed by atoms with Crippen LogP contribution in [0.25, 0.3) is 0 Å². The van der Waals surface area contributed by atoms with Gasteiger partial charge < -0.3 is 15.2 Å². The highest BCUT2D eigenvalue weighted by Gasteiger charge is 2.41. The summed E-state index contributed by atoms with van der Waals surface area (Å²) in [7, 11) is 0. The molecule has 23 heavy (non-hydrogen) atoms. The first-order chi connectivity index (χ1) is 11.1. The molecule has 122 valence electrons. The number of aliphatic hydroxyl groups is 1. The van der Waals surface area contributed by atoms with Gasteiger partial charge in [-0.3, -0.25) is 0 Å². The molecule has 0 spiro atoms. The maximum absolute atomic E-state index is 11.5. The highest BCUT2D eigenvalue weighted by atomic mass is 35.5. The van der Waals surface area contributed by atoms with Gasteiger partial charge in [0.2, 0.25) is 0 Å². The number of benzene rings is 2. The number of halogens is 2. The van der Waals surface area contributed by atoms with Gasteiger partial charge in [-0.25, -0.2) is 0 Å². The number of hydrogen-bond donors (Lipinski definition) is 2. The van der Waals surface area contributed by atoms with Crippen LogP contribution < -0.4 is 5.32 Å². The van der Waals surface area contributed by atoms with E-state index in [-0.39, 0.29) is 6.10 Å². The highest BCUT2D eigenvalue weighted by Crippen LogP contribution is 2.36. The van der Waals surface area contributed by atoms with E-state index in [9.17, 15) is 5.11 Å². The van der Waals surface area contributed by atoms with Crippen molar-refractivity contribution in [2.24, 2.45) is 0 Å². The summed E-state index contributed by atoms with van der Waals surface area (Å²) >= 11 is 12.6. The summed E-state index contributed by atoms with van der Waals surface area (Å²) in [5, 5.41) is 15.9. The fourth-order valence-electron chi connectivity index (χ4n) is 2.97. The van der Waals surface area contributed by atoms with Gasteiger partial charge in [0.05, 0.1) is 6.61 Å². The van der Waals surface area contributed by atoms with E-state index >= 15 is 0 Å². The molecule has 2 N–H and O–H groups in total. The number of hydrogen-bond acceptors (Lipinski definition) is 3. The van der Waals surface area contributed by atoms with Gasteiger partial charge in [0, 0.05) is 29.6 Å². The van der Waals surface area contributed by atoms with Gasteiger partial charge in [-0.05, 0) is 23.3 Å². The van der Waals surface area contributed by atoms with E-state index in [0.29, 0.717) is 29.6 Å². The molecular weight excluding hydrogens is 333 g/mol. The predicted molar refractivity (Wildman–Crippen MR) is 93.1 cm³/mol. The SMILES string of the molecule is OC(Cc1c(Cl)cccc1Cl)(c1ccccc1)[C@@H]1CNCCO1. The molecule has 1 unspecified atom stereocenters. The van der Waals surface area contributed by atoms with Crippen LogP contribution in [0.5, 0.6) is 0 Å². The molecule has 0 aliphatic carbocycles. The lowest BCUT2D eigenvalue weighted by Gasteiger charge is -2.39. The van der Waals surface area contributed by atoms with Gasteiger partial charge in [-0.15, -0.1) is 0 Å². The lowest BCUT2D eigenvalue weighted by molar-refractivity contribution is -0.124. The van der Waals surface area contributed by atoms with E-state index in [1.165, 1.54) is 0 Å². The minimum Gasteiger partial charge on any atom is -0.382 e. The first-order valence-electron chi connectivity index (χ1n) is 7.64. The van der Waals surface area contributed by atoms with Crippen LogP contribution >= 0.6 is 23.2 Å². The summed E-state index contributed by atoms with van der Waals surface area (Å²) in [6.45, 7) is 1.93. The van der Waals surface area contributed by atoms with Crippen LogP contribution in [-0.2, 0) is 16.8 Å². The summed E-state index contributed by atoms with van der Waals surface area (Å²) < 4.78 is 5.85. The Morgan fingerprint density at radius 1 is 1.09 bits per heavy atom. The highest BCUT2D eigenvalue weighted by molar-refractivity contribution is 6.36. The van der Waals surface area contributed by atoms with Gasteiger partial charge >= 0.3 is 0 Å². The molecule has 0 aromatic heterocycles. The van der Waals surface area contributed by atoms with Crippen LogP contribution in [0.3, 0.4) is 0 Å². The topological polar surface area (TPSA) is 41.5 Å². The Morgan fingerprint density at radius 2 is 1.78 bits per heavy atom. The fraction of sp³-hybridized carbons (Fsp3) is 0.333. The molecule has 1 heterocycles. The van der Waals surface area contributed by atoms with E-state index in [2.05, 4.69) is 5.32 Å². The summed E-state index contributed by atoms with van der Waals surface area (Å²) in [5.41, 5.74) is 0.324. The number of rotatable bonds is 4. The normalized spacial score (nSPS) is 20.9. The molecule has 0 radical (unpaired) electrons. The van der Waals surface area contributed by atoms with Crippen molar-refractivity contribution in [3.05, 3.63) is 69.7 Å². The molecule has 0 saturated carbocycles. The van der Waals surface area contributed by atoms with Crippen molar-refractivity contribution < 1.29 is 9.84 Å². The Balaban J connectivity index is 2.01. The van der Waals surface area contributed by atoms with Crippen LogP contribution in [0.4, 0.5) is 0 Å². The second-order valence-electron chi connectivity index (χ2n) is 5.73. The van der Waals surface area contributed by atoms with Crippen LogP contribution in [-0.4, -0.2) is 30.9 Å². The Kier molecular flexibility index (Phi) is 5.24. The monoisotopic (exact) mass is 351 g/mol. The van der Waals surface area contributed by atoms with Crippen LogP contribution in [0.1, 0.15) is 11.1 Å². The molecule has 5 heteroatoms. The summed E-state index contributed by atoms with van der Waals surface area (Å²) in [6, 6.07) is 14.9. The van der Waals surface area contributed by atoms with Crippen molar-refractivity contribution in [2.45, 2.75) is 18.1 Å². The van der Waals surface area contributed by atoms with E-state index in [0.717, 1.165) is 17.7 Å². The zero-order valence-corrected chi connectivity index (χ0v) is 14.1. The zero-order valence-electron chi connectivity index (χ0n) is 12.6. The second-order valence-corrected chi connectivity index (χ2v) is 6.55. The van der Waals surface area contributed by atoms with Gasteiger partial charge in [-0.1, -0.05) is 59.6 Å². The summed E-state index contributed by atoms with van der Waals surface area (Å²) in [5.74, 6) is 0. The maximum atomic E-state index is 11.5. The van der Waals surface area contributed by atoms with Crippen molar-refractivity contribution in [3.63, 3.8) is 0 Å². The summed E-state index contributed by atoms with van der Waals surface area (Å²) in [4.78, 5) is 0. The van der Waals surface area contributed by atoms with Crippen LogP contribution in [0, 0.1) is 0 Å². The van der Waals surface area contributed by atoms with Crippen molar-refractivity contribution in [1.82, 2.24) is 5.32 Å². The van der Waals surface area contributed by atoms with E-state index in [4.69, 9.17) is 27.9 Å². The number of morpholine rings is 1. The molecule has 3 nitrogen and oxygen atoms in total. The summed E-state index contributed by atoms with van der Waals surface area (Å²) in [6.07, 6.45) is -0.0759. The van der Waals surface area contributed by atoms with E-state index in [1.54, 1.807) is 18.2 Å². The van der Waals surface area contributed by atoms with Gasteiger partial charge in [0.1, 0.15) is 11.7 Å². The lowest BCUT2D eigenvalue weighted by Crippen LogP contribution is -2.52. The standard InChI is InChI=1S/C18H19Cl2NO2/c19-15-7-4-8-16(20)14(15)11-18(22,13-5-2-1-3-6-13)17-12-21-9-10-23-17/h1-8,17,21-22H,9-12H2/t17-,18?/m0/s1. The van der Waals surface area contributed by atoms with Crippen LogP contribution in [0.2, 0.25) is 10.0 Å². The van der Waals surface area contributed by atoms with Gasteiger partial charge in [0.25, 0.3) is 0 Å².